The lowest BCUT2D eigenvalue weighted by Crippen LogP contribution is -2.41. The van der Waals surface area contributed by atoms with Gasteiger partial charge in [-0.15, -0.1) is 0 Å². The summed E-state index contributed by atoms with van der Waals surface area (Å²) in [5.41, 5.74) is 6.08. The zero-order chi connectivity index (χ0) is 16.0. The molecule has 3 N–H and O–H groups in total. The summed E-state index contributed by atoms with van der Waals surface area (Å²) < 4.78 is 19.3. The summed E-state index contributed by atoms with van der Waals surface area (Å²) in [6, 6.07) is 4.19. The first-order valence-electron chi connectivity index (χ1n) is 7.37. The van der Waals surface area contributed by atoms with Gasteiger partial charge < -0.3 is 15.8 Å². The number of carbonyl (C=O) groups is 1. The van der Waals surface area contributed by atoms with Crippen LogP contribution >= 0.6 is 0 Å². The summed E-state index contributed by atoms with van der Waals surface area (Å²) in [6.07, 6.45) is 1.24. The van der Waals surface area contributed by atoms with Gasteiger partial charge in [-0.2, -0.15) is 0 Å². The molecule has 1 aromatic rings. The molecule has 1 amide bonds. The first kappa shape index (κ1) is 17.4. The number of halogens is 1. The van der Waals surface area contributed by atoms with Gasteiger partial charge in [-0.3, -0.25) is 4.79 Å². The molecular formula is C16H25FN2O2. The normalized spacial score (nSPS) is 15.1. The summed E-state index contributed by atoms with van der Waals surface area (Å²) in [7, 11) is 0. The van der Waals surface area contributed by atoms with Crippen molar-refractivity contribution >= 4 is 5.91 Å². The largest absolute Gasteiger partial charge is 0.481 e. The van der Waals surface area contributed by atoms with E-state index < -0.39 is 11.9 Å². The molecule has 0 aliphatic heterocycles. The van der Waals surface area contributed by atoms with Crippen LogP contribution in [0.2, 0.25) is 0 Å². The lowest BCUT2D eigenvalue weighted by atomic mass is 10.1. The van der Waals surface area contributed by atoms with Crippen molar-refractivity contribution in [2.75, 3.05) is 0 Å². The van der Waals surface area contributed by atoms with Crippen LogP contribution in [0, 0.1) is 5.82 Å². The van der Waals surface area contributed by atoms with Crippen molar-refractivity contribution in [3.63, 3.8) is 0 Å². The van der Waals surface area contributed by atoms with Gasteiger partial charge in [-0.25, -0.2) is 4.39 Å². The van der Waals surface area contributed by atoms with Crippen molar-refractivity contribution in [3.05, 3.63) is 29.6 Å². The van der Waals surface area contributed by atoms with E-state index in [2.05, 4.69) is 12.2 Å². The van der Waals surface area contributed by atoms with E-state index in [1.54, 1.807) is 26.0 Å². The highest BCUT2D eigenvalue weighted by Crippen LogP contribution is 2.21. The van der Waals surface area contributed by atoms with Gasteiger partial charge >= 0.3 is 0 Å². The van der Waals surface area contributed by atoms with Gasteiger partial charge in [0.25, 0.3) is 5.91 Å². The van der Waals surface area contributed by atoms with E-state index in [4.69, 9.17) is 10.5 Å². The highest BCUT2D eigenvalue weighted by Gasteiger charge is 2.17. The molecule has 0 fully saturated rings. The molecule has 1 rings (SSSR count). The number of hydrogen-bond acceptors (Lipinski definition) is 3. The summed E-state index contributed by atoms with van der Waals surface area (Å²) in [5.74, 6) is -0.301. The average Bonchev–Trinajstić information content (AvgIpc) is 2.38. The zero-order valence-corrected chi connectivity index (χ0v) is 13.2. The lowest BCUT2D eigenvalue weighted by Gasteiger charge is -2.19. The molecule has 21 heavy (non-hydrogen) atoms. The van der Waals surface area contributed by atoms with E-state index >= 15 is 0 Å². The SMILES string of the molecule is CCCC(C)NC(=O)C(C)Oc1ccc([C@H](C)N)c(F)c1. The Morgan fingerprint density at radius 3 is 2.57 bits per heavy atom. The summed E-state index contributed by atoms with van der Waals surface area (Å²) in [4.78, 5) is 11.9. The second-order valence-corrected chi connectivity index (χ2v) is 5.43. The van der Waals surface area contributed by atoms with Crippen LogP contribution in [0.3, 0.4) is 0 Å². The van der Waals surface area contributed by atoms with Crippen molar-refractivity contribution in [2.24, 2.45) is 5.73 Å². The molecule has 0 radical (unpaired) electrons. The maximum atomic E-state index is 13.8. The van der Waals surface area contributed by atoms with Crippen molar-refractivity contribution in [2.45, 2.75) is 58.7 Å². The third-order valence-electron chi connectivity index (χ3n) is 3.25. The summed E-state index contributed by atoms with van der Waals surface area (Å²) >= 11 is 0. The van der Waals surface area contributed by atoms with E-state index in [1.165, 1.54) is 6.07 Å². The van der Waals surface area contributed by atoms with Crippen LogP contribution in [0.4, 0.5) is 4.39 Å². The number of hydrogen-bond donors (Lipinski definition) is 2. The van der Waals surface area contributed by atoms with Gasteiger partial charge in [0, 0.05) is 23.7 Å². The van der Waals surface area contributed by atoms with Crippen molar-refractivity contribution < 1.29 is 13.9 Å². The number of benzene rings is 1. The van der Waals surface area contributed by atoms with Crippen molar-refractivity contribution in [1.82, 2.24) is 5.32 Å². The van der Waals surface area contributed by atoms with Gasteiger partial charge in [0.05, 0.1) is 0 Å². The van der Waals surface area contributed by atoms with E-state index in [1.807, 2.05) is 6.92 Å². The molecule has 0 spiro atoms. The fourth-order valence-corrected chi connectivity index (χ4v) is 2.07. The quantitative estimate of drug-likeness (QED) is 0.813. The Bertz CT molecular complexity index is 477. The number of carbonyl (C=O) groups excluding carboxylic acids is 1. The van der Waals surface area contributed by atoms with E-state index in [9.17, 15) is 9.18 Å². The molecule has 5 heteroatoms. The molecule has 0 aromatic heterocycles. The molecule has 3 atom stereocenters. The second-order valence-electron chi connectivity index (χ2n) is 5.43. The number of rotatable bonds is 7. The lowest BCUT2D eigenvalue weighted by molar-refractivity contribution is -0.127. The molecule has 0 bridgehead atoms. The fraction of sp³-hybridized carbons (Fsp3) is 0.562. The topological polar surface area (TPSA) is 64.3 Å². The van der Waals surface area contributed by atoms with Gasteiger partial charge in [-0.1, -0.05) is 19.4 Å². The van der Waals surface area contributed by atoms with Gasteiger partial charge in [0.1, 0.15) is 11.6 Å². The fourth-order valence-electron chi connectivity index (χ4n) is 2.07. The highest BCUT2D eigenvalue weighted by atomic mass is 19.1. The first-order valence-corrected chi connectivity index (χ1v) is 7.37. The predicted octanol–water partition coefficient (Wildman–Crippen LogP) is 2.92. The standard InChI is InChI=1S/C16H25FN2O2/c1-5-6-10(2)19-16(20)12(4)21-13-7-8-14(11(3)18)15(17)9-13/h7-12H,5-6,18H2,1-4H3,(H,19,20)/t10?,11-,12?/m0/s1. The molecule has 4 nitrogen and oxygen atoms in total. The molecule has 0 aliphatic rings. The first-order chi connectivity index (χ1) is 9.85. The summed E-state index contributed by atoms with van der Waals surface area (Å²) in [6.45, 7) is 7.37. The minimum atomic E-state index is -0.676. The Morgan fingerprint density at radius 1 is 1.38 bits per heavy atom. The molecule has 118 valence electrons. The van der Waals surface area contributed by atoms with Gasteiger partial charge in [-0.05, 0) is 33.3 Å². The van der Waals surface area contributed by atoms with Crippen LogP contribution in [0.5, 0.6) is 5.75 Å². The minimum Gasteiger partial charge on any atom is -0.481 e. The van der Waals surface area contributed by atoms with Crippen molar-refractivity contribution in [3.8, 4) is 5.75 Å². The highest BCUT2D eigenvalue weighted by molar-refractivity contribution is 5.80. The van der Waals surface area contributed by atoms with Crippen LogP contribution in [0.25, 0.3) is 0 Å². The number of nitrogens with one attached hydrogen (secondary N) is 1. The van der Waals surface area contributed by atoms with E-state index in [0.29, 0.717) is 11.3 Å². The van der Waals surface area contributed by atoms with Crippen LogP contribution in [-0.4, -0.2) is 18.1 Å². The minimum absolute atomic E-state index is 0.103. The van der Waals surface area contributed by atoms with E-state index in [0.717, 1.165) is 12.8 Å². The van der Waals surface area contributed by atoms with Crippen LogP contribution in [0.15, 0.2) is 18.2 Å². The molecule has 1 aromatic carbocycles. The monoisotopic (exact) mass is 296 g/mol. The molecule has 2 unspecified atom stereocenters. The predicted molar refractivity (Wildman–Crippen MR) is 81.6 cm³/mol. The maximum absolute atomic E-state index is 13.8. The molecule has 0 saturated heterocycles. The number of amides is 1. The Hall–Kier alpha value is -1.62. The number of ether oxygens (including phenoxy) is 1. The average molecular weight is 296 g/mol. The smallest absolute Gasteiger partial charge is 0.260 e. The summed E-state index contributed by atoms with van der Waals surface area (Å²) in [5, 5.41) is 2.87. The maximum Gasteiger partial charge on any atom is 0.260 e. The molecule has 0 saturated carbocycles. The molecule has 0 heterocycles. The van der Waals surface area contributed by atoms with Crippen LogP contribution in [-0.2, 0) is 4.79 Å². The third-order valence-corrected chi connectivity index (χ3v) is 3.25. The van der Waals surface area contributed by atoms with Gasteiger partial charge in [0.2, 0.25) is 0 Å². The Labute approximate surface area is 125 Å². The Kier molecular flexibility index (Phi) is 6.62. The van der Waals surface area contributed by atoms with Gasteiger partial charge in [0.15, 0.2) is 6.10 Å². The third kappa shape index (κ3) is 5.34. The Balaban J connectivity index is 2.64. The Morgan fingerprint density at radius 2 is 2.05 bits per heavy atom. The van der Waals surface area contributed by atoms with Crippen LogP contribution in [0.1, 0.15) is 52.1 Å². The molecular weight excluding hydrogens is 271 g/mol. The van der Waals surface area contributed by atoms with Crippen molar-refractivity contribution in [1.29, 1.82) is 0 Å². The number of nitrogens with two attached hydrogens (primary N) is 1. The zero-order valence-electron chi connectivity index (χ0n) is 13.2. The van der Waals surface area contributed by atoms with Crippen LogP contribution < -0.4 is 15.8 Å². The molecule has 0 aliphatic carbocycles. The second kappa shape index (κ2) is 7.98. The van der Waals surface area contributed by atoms with E-state index in [-0.39, 0.29) is 18.0 Å².